The molecule has 184 valence electrons. The van der Waals surface area contributed by atoms with Crippen LogP contribution in [0.2, 0.25) is 0 Å². The second kappa shape index (κ2) is 9.19. The van der Waals surface area contributed by atoms with Gasteiger partial charge in [-0.25, -0.2) is 4.39 Å². The number of hydrogen-bond donors (Lipinski definition) is 1. The molecular weight excluding hydrogens is 455 g/mol. The van der Waals surface area contributed by atoms with Crippen molar-refractivity contribution in [3.05, 3.63) is 107 Å². The molecule has 3 aromatic carbocycles. The molecule has 1 aliphatic carbocycles. The van der Waals surface area contributed by atoms with Crippen LogP contribution in [0.3, 0.4) is 0 Å². The van der Waals surface area contributed by atoms with E-state index in [1.54, 1.807) is 12.1 Å². The first-order chi connectivity index (χ1) is 17.6. The number of ether oxygens (including phenoxy) is 1. The molecule has 1 fully saturated rings. The van der Waals surface area contributed by atoms with Crippen LogP contribution in [0.1, 0.15) is 42.3 Å². The van der Waals surface area contributed by atoms with E-state index < -0.39 is 5.60 Å². The number of benzene rings is 3. The molecule has 5 nitrogen and oxygen atoms in total. The van der Waals surface area contributed by atoms with E-state index in [4.69, 9.17) is 9.26 Å². The second-order valence-corrected chi connectivity index (χ2v) is 9.79. The van der Waals surface area contributed by atoms with Crippen LogP contribution >= 0.6 is 0 Å². The first kappa shape index (κ1) is 23.0. The van der Waals surface area contributed by atoms with Crippen LogP contribution in [0.4, 0.5) is 4.39 Å². The molecule has 1 saturated heterocycles. The van der Waals surface area contributed by atoms with Gasteiger partial charge in [0.25, 0.3) is 0 Å². The molecule has 0 bridgehead atoms. The summed E-state index contributed by atoms with van der Waals surface area (Å²) in [4.78, 5) is 2.28. The average molecular weight is 485 g/mol. The van der Waals surface area contributed by atoms with Gasteiger partial charge in [0.1, 0.15) is 23.4 Å². The van der Waals surface area contributed by atoms with Gasteiger partial charge in [0.15, 0.2) is 11.4 Å². The molecular formula is C30H29FN2O3. The molecule has 2 unspecified atom stereocenters. The van der Waals surface area contributed by atoms with E-state index in [0.29, 0.717) is 36.2 Å². The molecule has 6 heteroatoms. The van der Waals surface area contributed by atoms with Crippen LogP contribution < -0.4 is 4.74 Å². The maximum Gasteiger partial charge on any atom is 0.161 e. The molecule has 2 atom stereocenters. The summed E-state index contributed by atoms with van der Waals surface area (Å²) < 4.78 is 25.7. The molecule has 0 spiro atoms. The van der Waals surface area contributed by atoms with E-state index in [1.165, 1.54) is 12.1 Å². The van der Waals surface area contributed by atoms with Crippen molar-refractivity contribution in [2.24, 2.45) is 5.92 Å². The van der Waals surface area contributed by atoms with Gasteiger partial charge in [0.2, 0.25) is 0 Å². The average Bonchev–Trinajstić information content (AvgIpc) is 3.47. The summed E-state index contributed by atoms with van der Waals surface area (Å²) in [5.41, 5.74) is 2.80. The van der Waals surface area contributed by atoms with Crippen molar-refractivity contribution in [2.75, 3.05) is 13.1 Å². The van der Waals surface area contributed by atoms with Crippen molar-refractivity contribution < 1.29 is 18.8 Å². The quantitative estimate of drug-likeness (QED) is 0.377. The van der Waals surface area contributed by atoms with Crippen LogP contribution in [0.15, 0.2) is 83.4 Å². The molecule has 2 aliphatic rings. The fraction of sp³-hybridized carbons (Fsp3) is 0.300. The predicted molar refractivity (Wildman–Crippen MR) is 135 cm³/mol. The number of nitrogens with zero attached hydrogens (tertiary/aromatic N) is 2. The summed E-state index contributed by atoms with van der Waals surface area (Å²) in [6.07, 6.45) is 1.96. The fourth-order valence-electron chi connectivity index (χ4n) is 5.75. The molecule has 0 saturated carbocycles. The highest BCUT2D eigenvalue weighted by Crippen LogP contribution is 2.50. The third kappa shape index (κ3) is 3.91. The lowest BCUT2D eigenvalue weighted by molar-refractivity contribution is 0.0306. The number of likely N-dealkylation sites (tertiary alicyclic amines) is 1. The first-order valence-corrected chi connectivity index (χ1v) is 12.6. The Kier molecular flexibility index (Phi) is 5.86. The summed E-state index contributed by atoms with van der Waals surface area (Å²) >= 11 is 0. The summed E-state index contributed by atoms with van der Waals surface area (Å²) in [5, 5.41) is 16.3. The normalized spacial score (nSPS) is 20.6. The van der Waals surface area contributed by atoms with Crippen LogP contribution in [-0.2, 0) is 12.1 Å². The van der Waals surface area contributed by atoms with Crippen molar-refractivity contribution >= 4 is 0 Å². The number of rotatable bonds is 6. The van der Waals surface area contributed by atoms with Gasteiger partial charge in [-0.05, 0) is 48.6 Å². The molecule has 36 heavy (non-hydrogen) atoms. The molecule has 1 N–H and O–H groups in total. The minimum absolute atomic E-state index is 0.0364. The summed E-state index contributed by atoms with van der Waals surface area (Å²) in [7, 11) is 0. The Morgan fingerprint density at radius 2 is 1.75 bits per heavy atom. The van der Waals surface area contributed by atoms with Gasteiger partial charge in [-0.1, -0.05) is 66.7 Å². The van der Waals surface area contributed by atoms with Gasteiger partial charge in [0, 0.05) is 29.8 Å². The number of hydrogen-bond acceptors (Lipinski definition) is 5. The van der Waals surface area contributed by atoms with E-state index >= 15 is 0 Å². The Balaban J connectivity index is 1.23. The number of piperidine rings is 1. The maximum atomic E-state index is 13.7. The highest BCUT2D eigenvalue weighted by Gasteiger charge is 2.45. The van der Waals surface area contributed by atoms with E-state index in [0.717, 1.165) is 41.6 Å². The highest BCUT2D eigenvalue weighted by atomic mass is 19.1. The van der Waals surface area contributed by atoms with Crippen molar-refractivity contribution in [3.63, 3.8) is 0 Å². The van der Waals surface area contributed by atoms with Gasteiger partial charge < -0.3 is 14.4 Å². The van der Waals surface area contributed by atoms with E-state index in [2.05, 4.69) is 17.0 Å². The van der Waals surface area contributed by atoms with Gasteiger partial charge in [0.05, 0.1) is 6.54 Å². The standard InChI is InChI=1S/C30H29FN2O3/c1-2-20-14-15-33(19-28(20)35-22-9-7-8-21(31)16-22)18-23-17-29(32-36-23)30(34)26-12-5-3-10-24(26)25-11-4-6-13-27(25)30/h3-13,16-17,20,28,34H,2,14-15,18-19H2,1H3. The third-order valence-electron chi connectivity index (χ3n) is 7.62. The lowest BCUT2D eigenvalue weighted by Crippen LogP contribution is -2.46. The zero-order chi connectivity index (χ0) is 24.7. The molecule has 6 rings (SSSR count). The number of halogens is 1. The zero-order valence-electron chi connectivity index (χ0n) is 20.2. The molecule has 0 amide bonds. The minimum atomic E-state index is -1.35. The summed E-state index contributed by atoms with van der Waals surface area (Å²) in [5.74, 6) is 1.36. The fourth-order valence-corrected chi connectivity index (χ4v) is 5.75. The molecule has 1 aliphatic heterocycles. The monoisotopic (exact) mass is 484 g/mol. The molecule has 0 radical (unpaired) electrons. The minimum Gasteiger partial charge on any atom is -0.489 e. The summed E-state index contributed by atoms with van der Waals surface area (Å²) in [6, 6.07) is 24.0. The zero-order valence-corrected chi connectivity index (χ0v) is 20.2. The lowest BCUT2D eigenvalue weighted by atomic mass is 9.88. The maximum absolute atomic E-state index is 13.7. The van der Waals surface area contributed by atoms with E-state index in [9.17, 15) is 9.50 Å². The Bertz CT molecular complexity index is 1340. The Hall–Kier alpha value is -3.48. The van der Waals surface area contributed by atoms with Crippen LogP contribution in [0, 0.1) is 11.7 Å². The third-order valence-corrected chi connectivity index (χ3v) is 7.62. The van der Waals surface area contributed by atoms with Gasteiger partial charge >= 0.3 is 0 Å². The van der Waals surface area contributed by atoms with Gasteiger partial charge in [-0.3, -0.25) is 4.90 Å². The predicted octanol–water partition coefficient (Wildman–Crippen LogP) is 5.76. The Morgan fingerprint density at radius 1 is 1.03 bits per heavy atom. The summed E-state index contributed by atoms with van der Waals surface area (Å²) in [6.45, 7) is 4.35. The largest absolute Gasteiger partial charge is 0.489 e. The van der Waals surface area contributed by atoms with E-state index in [1.807, 2.05) is 54.6 Å². The van der Waals surface area contributed by atoms with Crippen LogP contribution in [0.5, 0.6) is 5.75 Å². The SMILES string of the molecule is CCC1CCN(Cc2cc(C3(O)c4ccccc4-c4ccccc43)no2)CC1Oc1cccc(F)c1. The molecule has 1 aromatic heterocycles. The van der Waals surface area contributed by atoms with Gasteiger partial charge in [-0.15, -0.1) is 0 Å². The van der Waals surface area contributed by atoms with Crippen molar-refractivity contribution in [1.82, 2.24) is 10.1 Å². The number of aliphatic hydroxyl groups is 1. The first-order valence-electron chi connectivity index (χ1n) is 12.6. The van der Waals surface area contributed by atoms with Crippen LogP contribution in [0.25, 0.3) is 11.1 Å². The van der Waals surface area contributed by atoms with Crippen LogP contribution in [-0.4, -0.2) is 34.4 Å². The number of fused-ring (bicyclic) bond motifs is 3. The van der Waals surface area contributed by atoms with Gasteiger partial charge in [-0.2, -0.15) is 0 Å². The second-order valence-electron chi connectivity index (χ2n) is 9.79. The van der Waals surface area contributed by atoms with Crippen molar-refractivity contribution in [3.8, 4) is 16.9 Å². The van der Waals surface area contributed by atoms with Crippen molar-refractivity contribution in [1.29, 1.82) is 0 Å². The molecule has 2 heterocycles. The lowest BCUT2D eigenvalue weighted by Gasteiger charge is -2.37. The number of aromatic nitrogens is 1. The topological polar surface area (TPSA) is 58.7 Å². The highest BCUT2D eigenvalue weighted by molar-refractivity contribution is 5.81. The van der Waals surface area contributed by atoms with Crippen molar-refractivity contribution in [2.45, 2.75) is 38.0 Å². The Labute approximate surface area is 210 Å². The smallest absolute Gasteiger partial charge is 0.161 e. The van der Waals surface area contributed by atoms with E-state index in [-0.39, 0.29) is 11.9 Å². The molecule has 4 aromatic rings. The Morgan fingerprint density at radius 3 is 2.44 bits per heavy atom.